The first kappa shape index (κ1) is 16.1. The van der Waals surface area contributed by atoms with Crippen LogP contribution in [0.1, 0.15) is 22.3 Å². The standard InChI is InChI=1S/C12H12N2O7/c1-6-4-7(2-3-9(6)14(20)21)11(17)13-8(12(18)19)5-10(15)16/h2-4,8H,5H2,1H3,(H,13,17)(H,15,16)(H,18,19)/t8-/m0/s1. The van der Waals surface area contributed by atoms with E-state index >= 15 is 0 Å². The molecule has 21 heavy (non-hydrogen) atoms. The molecule has 0 saturated carbocycles. The van der Waals surface area contributed by atoms with Crippen LogP contribution < -0.4 is 5.32 Å². The first-order valence-corrected chi connectivity index (χ1v) is 5.73. The van der Waals surface area contributed by atoms with Crippen LogP contribution in [-0.4, -0.2) is 39.0 Å². The number of rotatable bonds is 6. The topological polar surface area (TPSA) is 147 Å². The van der Waals surface area contributed by atoms with Gasteiger partial charge >= 0.3 is 11.9 Å². The number of carbonyl (C=O) groups excluding carboxylic acids is 1. The number of carboxylic acids is 2. The van der Waals surface area contributed by atoms with Crippen molar-refractivity contribution in [2.75, 3.05) is 0 Å². The molecular formula is C12H12N2O7. The number of hydrogen-bond donors (Lipinski definition) is 3. The van der Waals surface area contributed by atoms with E-state index < -0.39 is 35.2 Å². The van der Waals surface area contributed by atoms with Gasteiger partial charge in [-0.3, -0.25) is 19.7 Å². The summed E-state index contributed by atoms with van der Waals surface area (Å²) in [4.78, 5) is 43.2. The van der Waals surface area contributed by atoms with Gasteiger partial charge in [-0.1, -0.05) is 0 Å². The SMILES string of the molecule is Cc1cc(C(=O)N[C@@H](CC(=O)O)C(=O)O)ccc1[N+](=O)[O-]. The normalized spacial score (nSPS) is 11.5. The van der Waals surface area contributed by atoms with Crippen LogP contribution in [0.25, 0.3) is 0 Å². The molecule has 112 valence electrons. The van der Waals surface area contributed by atoms with Crippen LogP contribution in [0.5, 0.6) is 0 Å². The summed E-state index contributed by atoms with van der Waals surface area (Å²) in [6.45, 7) is 1.43. The van der Waals surface area contributed by atoms with Gasteiger partial charge in [0, 0.05) is 17.2 Å². The van der Waals surface area contributed by atoms with Crippen molar-refractivity contribution in [3.05, 3.63) is 39.4 Å². The molecule has 0 aliphatic carbocycles. The first-order chi connectivity index (χ1) is 9.72. The molecule has 1 aromatic carbocycles. The highest BCUT2D eigenvalue weighted by Gasteiger charge is 2.24. The lowest BCUT2D eigenvalue weighted by Gasteiger charge is -2.12. The third-order valence-electron chi connectivity index (χ3n) is 2.64. The number of benzene rings is 1. The number of aliphatic carboxylic acids is 2. The molecule has 0 aliphatic rings. The Bertz CT molecular complexity index is 612. The zero-order valence-electron chi connectivity index (χ0n) is 10.9. The lowest BCUT2D eigenvalue weighted by atomic mass is 10.1. The van der Waals surface area contributed by atoms with E-state index in [1.165, 1.54) is 19.1 Å². The number of aryl methyl sites for hydroxylation is 1. The molecule has 0 spiro atoms. The zero-order valence-corrected chi connectivity index (χ0v) is 10.9. The Kier molecular flexibility index (Phi) is 4.95. The predicted octanol–water partition coefficient (Wildman–Crippen LogP) is 0.561. The van der Waals surface area contributed by atoms with Gasteiger partial charge in [0.15, 0.2) is 0 Å². The van der Waals surface area contributed by atoms with Crippen molar-refractivity contribution >= 4 is 23.5 Å². The molecule has 1 amide bonds. The second-order valence-electron chi connectivity index (χ2n) is 4.22. The van der Waals surface area contributed by atoms with Gasteiger partial charge in [-0.05, 0) is 19.1 Å². The molecule has 0 aromatic heterocycles. The number of nitro groups is 1. The second-order valence-corrected chi connectivity index (χ2v) is 4.22. The van der Waals surface area contributed by atoms with Crippen molar-refractivity contribution in [2.24, 2.45) is 0 Å². The first-order valence-electron chi connectivity index (χ1n) is 5.73. The number of nitro benzene ring substituents is 1. The van der Waals surface area contributed by atoms with Gasteiger partial charge in [0.05, 0.1) is 11.3 Å². The zero-order chi connectivity index (χ0) is 16.2. The van der Waals surface area contributed by atoms with Crippen molar-refractivity contribution in [1.29, 1.82) is 0 Å². The molecule has 0 saturated heterocycles. The molecule has 1 rings (SSSR count). The number of carboxylic acid groups (broad SMARTS) is 2. The molecule has 0 heterocycles. The van der Waals surface area contributed by atoms with E-state index in [0.717, 1.165) is 6.07 Å². The lowest BCUT2D eigenvalue weighted by Crippen LogP contribution is -2.42. The van der Waals surface area contributed by atoms with Gasteiger partial charge in [-0.15, -0.1) is 0 Å². The van der Waals surface area contributed by atoms with E-state index in [1.54, 1.807) is 0 Å². The number of carbonyl (C=O) groups is 3. The summed E-state index contributed by atoms with van der Waals surface area (Å²) in [6.07, 6.45) is -0.771. The molecule has 9 heteroatoms. The van der Waals surface area contributed by atoms with Crippen LogP contribution in [0.3, 0.4) is 0 Å². The fourth-order valence-corrected chi connectivity index (χ4v) is 1.62. The third-order valence-corrected chi connectivity index (χ3v) is 2.64. The van der Waals surface area contributed by atoms with Crippen molar-refractivity contribution < 1.29 is 29.5 Å². The summed E-state index contributed by atoms with van der Waals surface area (Å²) in [6, 6.07) is 1.94. The van der Waals surface area contributed by atoms with Gasteiger partial charge in [0.25, 0.3) is 11.6 Å². The molecule has 0 fully saturated rings. The molecule has 1 aromatic rings. The highest BCUT2D eigenvalue weighted by molar-refractivity contribution is 5.97. The van der Waals surface area contributed by atoms with E-state index in [2.05, 4.69) is 5.32 Å². The minimum atomic E-state index is -1.58. The van der Waals surface area contributed by atoms with Crippen molar-refractivity contribution in [1.82, 2.24) is 5.32 Å². The summed E-state index contributed by atoms with van der Waals surface area (Å²) in [5.41, 5.74) is 0.0689. The van der Waals surface area contributed by atoms with Crippen LogP contribution in [-0.2, 0) is 9.59 Å². The van der Waals surface area contributed by atoms with E-state index in [1.807, 2.05) is 0 Å². The third kappa shape index (κ3) is 4.27. The summed E-state index contributed by atoms with van der Waals surface area (Å²) >= 11 is 0. The Morgan fingerprint density at radius 2 is 1.95 bits per heavy atom. The molecule has 9 nitrogen and oxygen atoms in total. The van der Waals surface area contributed by atoms with Crippen molar-refractivity contribution in [2.45, 2.75) is 19.4 Å². The quantitative estimate of drug-likeness (QED) is 0.513. The van der Waals surface area contributed by atoms with Crippen molar-refractivity contribution in [3.8, 4) is 0 Å². The average molecular weight is 296 g/mol. The summed E-state index contributed by atoms with van der Waals surface area (Å²) in [7, 11) is 0. The van der Waals surface area contributed by atoms with Gasteiger partial charge in [0.2, 0.25) is 0 Å². The van der Waals surface area contributed by atoms with E-state index in [-0.39, 0.29) is 16.8 Å². The smallest absolute Gasteiger partial charge is 0.326 e. The van der Waals surface area contributed by atoms with Gasteiger partial charge in [-0.2, -0.15) is 0 Å². The van der Waals surface area contributed by atoms with Gasteiger partial charge < -0.3 is 15.5 Å². The predicted molar refractivity (Wildman–Crippen MR) is 69.0 cm³/mol. The summed E-state index contributed by atoms with van der Waals surface area (Å²) in [5, 5.41) is 30.1. The number of nitrogens with zero attached hydrogens (tertiary/aromatic N) is 1. The summed E-state index contributed by atoms with van der Waals surface area (Å²) in [5.74, 6) is -3.67. The Morgan fingerprint density at radius 1 is 1.33 bits per heavy atom. The molecule has 3 N–H and O–H groups in total. The monoisotopic (exact) mass is 296 g/mol. The Labute approximate surface area is 118 Å². The fraction of sp³-hybridized carbons (Fsp3) is 0.250. The maximum Gasteiger partial charge on any atom is 0.326 e. The molecular weight excluding hydrogens is 284 g/mol. The van der Waals surface area contributed by atoms with Crippen molar-refractivity contribution in [3.63, 3.8) is 0 Å². The average Bonchev–Trinajstić information content (AvgIpc) is 2.36. The minimum absolute atomic E-state index is 0.00902. The Hall–Kier alpha value is -2.97. The molecule has 1 atom stereocenters. The van der Waals surface area contributed by atoms with Crippen LogP contribution >= 0.6 is 0 Å². The fourth-order valence-electron chi connectivity index (χ4n) is 1.62. The van der Waals surface area contributed by atoms with Crippen LogP contribution in [0.4, 0.5) is 5.69 Å². The van der Waals surface area contributed by atoms with E-state index in [0.29, 0.717) is 0 Å². The van der Waals surface area contributed by atoms with Crippen LogP contribution in [0.15, 0.2) is 18.2 Å². The number of nitrogens with one attached hydrogen (secondary N) is 1. The molecule has 0 aliphatic heterocycles. The van der Waals surface area contributed by atoms with E-state index in [4.69, 9.17) is 10.2 Å². The van der Waals surface area contributed by atoms with Crippen LogP contribution in [0.2, 0.25) is 0 Å². The largest absolute Gasteiger partial charge is 0.481 e. The Balaban J connectivity index is 2.93. The van der Waals surface area contributed by atoms with Crippen LogP contribution in [0, 0.1) is 17.0 Å². The molecule has 0 bridgehead atoms. The second kappa shape index (κ2) is 6.46. The number of amides is 1. The van der Waals surface area contributed by atoms with Gasteiger partial charge in [-0.25, -0.2) is 4.79 Å². The molecule has 0 unspecified atom stereocenters. The molecule has 0 radical (unpaired) electrons. The maximum absolute atomic E-state index is 11.8. The van der Waals surface area contributed by atoms with Gasteiger partial charge in [0.1, 0.15) is 6.04 Å². The number of hydrogen-bond acceptors (Lipinski definition) is 5. The highest BCUT2D eigenvalue weighted by atomic mass is 16.6. The maximum atomic E-state index is 11.8. The highest BCUT2D eigenvalue weighted by Crippen LogP contribution is 2.18. The Morgan fingerprint density at radius 3 is 2.38 bits per heavy atom. The summed E-state index contributed by atoms with van der Waals surface area (Å²) < 4.78 is 0. The van der Waals surface area contributed by atoms with E-state index in [9.17, 15) is 24.5 Å². The minimum Gasteiger partial charge on any atom is -0.481 e. The lowest BCUT2D eigenvalue weighted by molar-refractivity contribution is -0.385.